The van der Waals surface area contributed by atoms with Gasteiger partial charge in [-0.25, -0.2) is 0 Å². The molecule has 0 nitrogen and oxygen atoms in total. The Kier molecular flexibility index (Phi) is 17.7. The summed E-state index contributed by atoms with van der Waals surface area (Å²) >= 11 is 0. The van der Waals surface area contributed by atoms with Crippen LogP contribution in [0.4, 0.5) is 0 Å². The molecule has 0 atom stereocenters. The van der Waals surface area contributed by atoms with Gasteiger partial charge in [0.05, 0.1) is 0 Å². The van der Waals surface area contributed by atoms with E-state index < -0.39 is 0 Å². The van der Waals surface area contributed by atoms with Crippen LogP contribution < -0.4 is 0 Å². The van der Waals surface area contributed by atoms with Crippen molar-refractivity contribution in [3.63, 3.8) is 0 Å². The third-order valence-electron chi connectivity index (χ3n) is 2.00. The van der Waals surface area contributed by atoms with E-state index in [1.54, 1.807) is 0 Å². The standard InChI is InChI=1S/3C6H6.2ClH/c3*1-2-4-6-5-3-1;;/h3*1-6H;2*1H. The molecule has 0 aromatic heterocycles. The predicted octanol–water partition coefficient (Wildman–Crippen LogP) is 5.90. The maximum Gasteiger partial charge on any atom is -0.0623 e. The second kappa shape index (κ2) is 17.2. The molecule has 0 saturated heterocycles. The van der Waals surface area contributed by atoms with Crippen molar-refractivity contribution in [3.05, 3.63) is 109 Å². The van der Waals surface area contributed by atoms with Gasteiger partial charge in [0, 0.05) is 0 Å². The van der Waals surface area contributed by atoms with E-state index in [1.165, 1.54) is 0 Å². The number of hydrogen-bond acceptors (Lipinski definition) is 0. The molecule has 2 heteroatoms. The van der Waals surface area contributed by atoms with E-state index in [-0.39, 0.29) is 24.8 Å². The first-order chi connectivity index (χ1) is 9.00. The molecular formula is C18H20Cl2. The van der Waals surface area contributed by atoms with Crippen LogP contribution in [-0.2, 0) is 0 Å². The molecule has 0 heterocycles. The Labute approximate surface area is 134 Å². The fourth-order valence-electron chi connectivity index (χ4n) is 1.15. The number of hydrogen-bond donors (Lipinski definition) is 0. The Morgan fingerprint density at radius 3 is 0.250 bits per heavy atom. The van der Waals surface area contributed by atoms with Crippen molar-refractivity contribution in [2.24, 2.45) is 0 Å². The second-order valence-corrected chi connectivity index (χ2v) is 3.46. The zero-order valence-electron chi connectivity index (χ0n) is 11.2. The monoisotopic (exact) mass is 306 g/mol. The van der Waals surface area contributed by atoms with Gasteiger partial charge in [0.1, 0.15) is 0 Å². The summed E-state index contributed by atoms with van der Waals surface area (Å²) in [6, 6.07) is 36.0. The summed E-state index contributed by atoms with van der Waals surface area (Å²) in [5.74, 6) is 0. The average molecular weight is 307 g/mol. The molecular weight excluding hydrogens is 287 g/mol. The molecule has 20 heavy (non-hydrogen) atoms. The highest BCUT2D eigenvalue weighted by molar-refractivity contribution is 5.85. The third kappa shape index (κ3) is 14.3. The Balaban J connectivity index is 0. The highest BCUT2D eigenvalue weighted by Crippen LogP contribution is 1.81. The van der Waals surface area contributed by atoms with Crippen LogP contribution in [0.2, 0.25) is 0 Å². The van der Waals surface area contributed by atoms with Crippen molar-refractivity contribution in [2.75, 3.05) is 0 Å². The van der Waals surface area contributed by atoms with Crippen molar-refractivity contribution in [1.29, 1.82) is 0 Å². The molecule has 0 aliphatic rings. The lowest BCUT2D eigenvalue weighted by molar-refractivity contribution is 1.72. The van der Waals surface area contributed by atoms with Crippen LogP contribution in [0.3, 0.4) is 0 Å². The molecule has 3 aromatic rings. The van der Waals surface area contributed by atoms with Crippen LogP contribution in [0.1, 0.15) is 0 Å². The molecule has 0 amide bonds. The van der Waals surface area contributed by atoms with Crippen molar-refractivity contribution in [1.82, 2.24) is 0 Å². The Bertz CT molecular complexity index is 300. The highest BCUT2D eigenvalue weighted by Gasteiger charge is 1.59. The molecule has 0 bridgehead atoms. The quantitative estimate of drug-likeness (QED) is 0.485. The molecule has 3 rings (SSSR count). The first-order valence-electron chi connectivity index (χ1n) is 6.00. The Morgan fingerprint density at radius 2 is 0.200 bits per heavy atom. The van der Waals surface area contributed by atoms with Crippen LogP contribution >= 0.6 is 24.8 Å². The predicted molar refractivity (Wildman–Crippen MR) is 93.8 cm³/mol. The van der Waals surface area contributed by atoms with E-state index >= 15 is 0 Å². The van der Waals surface area contributed by atoms with Gasteiger partial charge in [-0.3, -0.25) is 0 Å². The molecule has 106 valence electrons. The van der Waals surface area contributed by atoms with Crippen molar-refractivity contribution >= 4 is 24.8 Å². The van der Waals surface area contributed by atoms with Gasteiger partial charge in [-0.1, -0.05) is 109 Å². The van der Waals surface area contributed by atoms with Gasteiger partial charge in [-0.2, -0.15) is 0 Å². The highest BCUT2D eigenvalue weighted by atomic mass is 35.5. The van der Waals surface area contributed by atoms with Gasteiger partial charge < -0.3 is 0 Å². The van der Waals surface area contributed by atoms with Crippen LogP contribution in [0, 0.1) is 0 Å². The van der Waals surface area contributed by atoms with Gasteiger partial charge >= 0.3 is 0 Å². The third-order valence-corrected chi connectivity index (χ3v) is 2.00. The molecule has 0 spiro atoms. The lowest BCUT2D eigenvalue weighted by atomic mass is 10.4. The summed E-state index contributed by atoms with van der Waals surface area (Å²) in [5, 5.41) is 0. The second-order valence-electron chi connectivity index (χ2n) is 3.46. The summed E-state index contributed by atoms with van der Waals surface area (Å²) in [5.41, 5.74) is 0. The summed E-state index contributed by atoms with van der Waals surface area (Å²) in [6.45, 7) is 0. The van der Waals surface area contributed by atoms with Crippen molar-refractivity contribution in [2.45, 2.75) is 0 Å². The van der Waals surface area contributed by atoms with E-state index in [1.807, 2.05) is 109 Å². The molecule has 0 unspecified atom stereocenters. The summed E-state index contributed by atoms with van der Waals surface area (Å²) in [6.07, 6.45) is 0. The minimum atomic E-state index is 0. The minimum absolute atomic E-state index is 0. The normalized spacial score (nSPS) is 7.20. The SMILES string of the molecule is Cl.Cl.c1ccccc1.c1ccccc1.c1ccccc1. The molecule has 0 aliphatic heterocycles. The van der Waals surface area contributed by atoms with Crippen LogP contribution in [0.5, 0.6) is 0 Å². The molecule has 0 aliphatic carbocycles. The van der Waals surface area contributed by atoms with E-state index in [2.05, 4.69) is 0 Å². The first kappa shape index (κ1) is 20.6. The van der Waals surface area contributed by atoms with Gasteiger partial charge in [0.2, 0.25) is 0 Å². The number of benzene rings is 3. The molecule has 3 aromatic carbocycles. The lowest BCUT2D eigenvalue weighted by Crippen LogP contribution is -1.47. The van der Waals surface area contributed by atoms with Crippen LogP contribution in [-0.4, -0.2) is 0 Å². The van der Waals surface area contributed by atoms with E-state index in [4.69, 9.17) is 0 Å². The largest absolute Gasteiger partial charge is 0.147 e. The zero-order valence-corrected chi connectivity index (χ0v) is 12.8. The first-order valence-corrected chi connectivity index (χ1v) is 6.00. The number of halogens is 2. The van der Waals surface area contributed by atoms with Crippen LogP contribution in [0.25, 0.3) is 0 Å². The average Bonchev–Trinajstić information content (AvgIpc) is 2.54. The van der Waals surface area contributed by atoms with Gasteiger partial charge in [0.15, 0.2) is 0 Å². The fraction of sp³-hybridized carbons (Fsp3) is 0. The van der Waals surface area contributed by atoms with E-state index in [0.29, 0.717) is 0 Å². The van der Waals surface area contributed by atoms with Gasteiger partial charge in [-0.05, 0) is 0 Å². The lowest BCUT2D eigenvalue weighted by Gasteiger charge is -1.69. The summed E-state index contributed by atoms with van der Waals surface area (Å²) in [7, 11) is 0. The minimum Gasteiger partial charge on any atom is -0.147 e. The maximum atomic E-state index is 2.00. The molecule has 0 N–H and O–H groups in total. The summed E-state index contributed by atoms with van der Waals surface area (Å²) < 4.78 is 0. The smallest absolute Gasteiger partial charge is 0.0623 e. The van der Waals surface area contributed by atoms with Crippen molar-refractivity contribution < 1.29 is 0 Å². The van der Waals surface area contributed by atoms with E-state index in [0.717, 1.165) is 0 Å². The topological polar surface area (TPSA) is 0 Å². The Hall–Kier alpha value is -1.76. The van der Waals surface area contributed by atoms with Crippen LogP contribution in [0.15, 0.2) is 109 Å². The summed E-state index contributed by atoms with van der Waals surface area (Å²) in [4.78, 5) is 0. The molecule has 0 radical (unpaired) electrons. The zero-order chi connectivity index (χ0) is 12.7. The van der Waals surface area contributed by atoms with Crippen molar-refractivity contribution in [3.8, 4) is 0 Å². The molecule has 0 saturated carbocycles. The maximum absolute atomic E-state index is 2.00. The van der Waals surface area contributed by atoms with Gasteiger partial charge in [0.25, 0.3) is 0 Å². The Morgan fingerprint density at radius 1 is 0.150 bits per heavy atom. The van der Waals surface area contributed by atoms with E-state index in [9.17, 15) is 0 Å². The number of rotatable bonds is 0. The van der Waals surface area contributed by atoms with Gasteiger partial charge in [-0.15, -0.1) is 24.8 Å². The fourth-order valence-corrected chi connectivity index (χ4v) is 1.15. The molecule has 0 fully saturated rings.